The number of hydrogen-bond acceptors (Lipinski definition) is 6. The zero-order valence-corrected chi connectivity index (χ0v) is 20.8. The molecule has 31 heavy (non-hydrogen) atoms. The number of unbranched alkanes of at least 4 members (excludes halogenated alkanes) is 2. The molecule has 8 heteroatoms. The molecule has 1 N–H and O–H groups in total. The van der Waals surface area contributed by atoms with Crippen molar-refractivity contribution in [3.8, 4) is 0 Å². The number of carbonyl (C=O) groups is 3. The molecule has 1 rings (SSSR count). The largest absolute Gasteiger partial charge is 0.465 e. The van der Waals surface area contributed by atoms with E-state index in [2.05, 4.69) is 52.2 Å². The van der Waals surface area contributed by atoms with Gasteiger partial charge in [-0.3, -0.25) is 19.3 Å². The third kappa shape index (κ3) is 14.1. The van der Waals surface area contributed by atoms with Crippen molar-refractivity contribution >= 4 is 40.4 Å². The van der Waals surface area contributed by atoms with Crippen molar-refractivity contribution < 1.29 is 23.9 Å². The van der Waals surface area contributed by atoms with E-state index in [-0.39, 0.29) is 30.9 Å². The summed E-state index contributed by atoms with van der Waals surface area (Å²) in [6.07, 6.45) is 4.84. The van der Waals surface area contributed by atoms with Crippen molar-refractivity contribution in [3.05, 3.63) is 33.4 Å². The van der Waals surface area contributed by atoms with Crippen LogP contribution in [0.1, 0.15) is 51.5 Å². The van der Waals surface area contributed by atoms with Crippen LogP contribution in [0.5, 0.6) is 0 Å². The van der Waals surface area contributed by atoms with Gasteiger partial charge in [-0.1, -0.05) is 18.6 Å². The maximum absolute atomic E-state index is 12.0. The number of nitrogens with one attached hydrogen (secondary N) is 1. The molecule has 0 spiro atoms. The van der Waals surface area contributed by atoms with Gasteiger partial charge < -0.3 is 14.8 Å². The molecular formula is C23H35IN2O5. The SMILES string of the molecule is CCOC(=O)CN(CCCCCNC(=O)CCCc1ccc(I)cc1)CC(=O)OCC. The quantitative estimate of drug-likeness (QED) is 0.195. The molecule has 0 heterocycles. The minimum Gasteiger partial charge on any atom is -0.465 e. The second kappa shape index (κ2) is 16.9. The van der Waals surface area contributed by atoms with Crippen LogP contribution in [-0.4, -0.2) is 62.1 Å². The predicted molar refractivity (Wildman–Crippen MR) is 129 cm³/mol. The van der Waals surface area contributed by atoms with Gasteiger partial charge in [-0.15, -0.1) is 0 Å². The number of hydrogen-bond donors (Lipinski definition) is 1. The first-order valence-corrected chi connectivity index (χ1v) is 12.1. The molecule has 0 radical (unpaired) electrons. The zero-order chi connectivity index (χ0) is 22.9. The summed E-state index contributed by atoms with van der Waals surface area (Å²) < 4.78 is 11.2. The highest BCUT2D eigenvalue weighted by molar-refractivity contribution is 14.1. The molecular weight excluding hydrogens is 511 g/mol. The third-order valence-electron chi connectivity index (χ3n) is 4.57. The standard InChI is InChI=1S/C23H35IN2O5/c1-3-30-22(28)17-26(18-23(29)31-4-2)16-7-5-6-15-25-21(27)10-8-9-19-11-13-20(24)14-12-19/h11-14H,3-10,15-18H2,1-2H3,(H,25,27). The summed E-state index contributed by atoms with van der Waals surface area (Å²) in [6, 6.07) is 8.37. The Labute approximate surface area is 199 Å². The summed E-state index contributed by atoms with van der Waals surface area (Å²) >= 11 is 2.28. The van der Waals surface area contributed by atoms with E-state index in [1.165, 1.54) is 9.13 Å². The molecule has 0 aromatic heterocycles. The number of aryl methyl sites for hydroxylation is 1. The Morgan fingerprint density at radius 3 is 2.10 bits per heavy atom. The van der Waals surface area contributed by atoms with Crippen molar-refractivity contribution in [2.45, 2.75) is 52.4 Å². The molecule has 0 saturated carbocycles. The molecule has 7 nitrogen and oxygen atoms in total. The maximum Gasteiger partial charge on any atom is 0.320 e. The minimum absolute atomic E-state index is 0.0734. The average molecular weight is 546 g/mol. The average Bonchev–Trinajstić information content (AvgIpc) is 2.72. The first-order valence-electron chi connectivity index (χ1n) is 11.0. The van der Waals surface area contributed by atoms with Crippen LogP contribution in [0.4, 0.5) is 0 Å². The lowest BCUT2D eigenvalue weighted by Gasteiger charge is -2.20. The maximum atomic E-state index is 12.0. The van der Waals surface area contributed by atoms with Crippen LogP contribution in [0.25, 0.3) is 0 Å². The van der Waals surface area contributed by atoms with E-state index in [0.29, 0.717) is 32.7 Å². The van der Waals surface area contributed by atoms with Gasteiger partial charge in [0.25, 0.3) is 0 Å². The second-order valence-electron chi connectivity index (χ2n) is 7.21. The molecule has 0 aliphatic rings. The van der Waals surface area contributed by atoms with E-state index in [4.69, 9.17) is 9.47 Å². The number of esters is 2. The summed E-state index contributed by atoms with van der Waals surface area (Å²) in [7, 11) is 0. The van der Waals surface area contributed by atoms with Gasteiger partial charge in [0.05, 0.1) is 26.3 Å². The summed E-state index contributed by atoms with van der Waals surface area (Å²) in [5, 5.41) is 2.96. The van der Waals surface area contributed by atoms with Crippen LogP contribution in [0.2, 0.25) is 0 Å². The lowest BCUT2D eigenvalue weighted by molar-refractivity contribution is -0.148. The van der Waals surface area contributed by atoms with Crippen molar-refractivity contribution in [2.24, 2.45) is 0 Å². The van der Waals surface area contributed by atoms with Crippen LogP contribution in [0.15, 0.2) is 24.3 Å². The molecule has 0 atom stereocenters. The van der Waals surface area contributed by atoms with Gasteiger partial charge in [-0.25, -0.2) is 0 Å². The fourth-order valence-electron chi connectivity index (χ4n) is 3.05. The second-order valence-corrected chi connectivity index (χ2v) is 8.46. The van der Waals surface area contributed by atoms with E-state index in [1.54, 1.807) is 18.7 Å². The number of ether oxygens (including phenoxy) is 2. The summed E-state index contributed by atoms with van der Waals surface area (Å²) in [5.41, 5.74) is 1.25. The van der Waals surface area contributed by atoms with E-state index >= 15 is 0 Å². The summed E-state index contributed by atoms with van der Waals surface area (Å²) in [5.74, 6) is -0.606. The molecule has 0 fully saturated rings. The zero-order valence-electron chi connectivity index (χ0n) is 18.7. The Morgan fingerprint density at radius 2 is 1.52 bits per heavy atom. The van der Waals surface area contributed by atoms with Crippen LogP contribution >= 0.6 is 22.6 Å². The topological polar surface area (TPSA) is 84.9 Å². The first kappa shape index (κ1) is 27.4. The molecule has 0 aliphatic heterocycles. The smallest absolute Gasteiger partial charge is 0.320 e. The Kier molecular flexibility index (Phi) is 15.0. The van der Waals surface area contributed by atoms with E-state index in [1.807, 2.05) is 0 Å². The number of halogens is 1. The normalized spacial score (nSPS) is 10.7. The molecule has 0 unspecified atom stereocenters. The van der Waals surface area contributed by atoms with Crippen molar-refractivity contribution in [2.75, 3.05) is 39.4 Å². The molecule has 1 aromatic rings. The third-order valence-corrected chi connectivity index (χ3v) is 5.29. The first-order chi connectivity index (χ1) is 14.9. The van der Waals surface area contributed by atoms with Gasteiger partial charge in [0.15, 0.2) is 0 Å². The number of carbonyl (C=O) groups excluding carboxylic acids is 3. The highest BCUT2D eigenvalue weighted by Gasteiger charge is 2.15. The Hall–Kier alpha value is -1.68. The van der Waals surface area contributed by atoms with Crippen LogP contribution < -0.4 is 5.32 Å². The number of amides is 1. The predicted octanol–water partition coefficient (Wildman–Crippen LogP) is 3.33. The Bertz CT molecular complexity index is 646. The van der Waals surface area contributed by atoms with Crippen molar-refractivity contribution in [1.29, 1.82) is 0 Å². The molecule has 0 saturated heterocycles. The van der Waals surface area contributed by atoms with Crippen molar-refractivity contribution in [1.82, 2.24) is 10.2 Å². The van der Waals surface area contributed by atoms with Gasteiger partial charge in [0, 0.05) is 16.5 Å². The number of benzene rings is 1. The van der Waals surface area contributed by atoms with Crippen LogP contribution in [0, 0.1) is 3.57 Å². The van der Waals surface area contributed by atoms with Gasteiger partial charge >= 0.3 is 11.9 Å². The van der Waals surface area contributed by atoms with Gasteiger partial charge in [0.1, 0.15) is 0 Å². The van der Waals surface area contributed by atoms with E-state index in [9.17, 15) is 14.4 Å². The molecule has 0 bridgehead atoms. The number of rotatable bonds is 16. The van der Waals surface area contributed by atoms with E-state index < -0.39 is 0 Å². The Morgan fingerprint density at radius 1 is 0.903 bits per heavy atom. The van der Waals surface area contributed by atoms with Crippen LogP contribution in [0.3, 0.4) is 0 Å². The van der Waals surface area contributed by atoms with Gasteiger partial charge in [-0.05, 0) is 86.4 Å². The minimum atomic E-state index is -0.343. The van der Waals surface area contributed by atoms with Crippen LogP contribution in [-0.2, 0) is 30.3 Å². The van der Waals surface area contributed by atoms with Gasteiger partial charge in [0.2, 0.25) is 5.91 Å². The lowest BCUT2D eigenvalue weighted by atomic mass is 10.1. The molecule has 0 aliphatic carbocycles. The molecule has 1 amide bonds. The molecule has 174 valence electrons. The van der Waals surface area contributed by atoms with E-state index in [0.717, 1.165) is 32.1 Å². The fraction of sp³-hybridized carbons (Fsp3) is 0.609. The fourth-order valence-corrected chi connectivity index (χ4v) is 3.41. The summed E-state index contributed by atoms with van der Waals surface area (Å²) in [4.78, 5) is 37.2. The number of nitrogens with zero attached hydrogens (tertiary/aromatic N) is 1. The monoisotopic (exact) mass is 546 g/mol. The van der Waals surface area contributed by atoms with Crippen molar-refractivity contribution in [3.63, 3.8) is 0 Å². The highest BCUT2D eigenvalue weighted by Crippen LogP contribution is 2.09. The lowest BCUT2D eigenvalue weighted by Crippen LogP contribution is -2.37. The molecule has 1 aromatic carbocycles. The van der Waals surface area contributed by atoms with Gasteiger partial charge in [-0.2, -0.15) is 0 Å². The summed E-state index contributed by atoms with van der Waals surface area (Å²) in [6.45, 7) is 5.52. The highest BCUT2D eigenvalue weighted by atomic mass is 127. The Balaban J connectivity index is 2.17.